The molecule has 0 aliphatic heterocycles. The number of aryl methyl sites for hydroxylation is 1. The molecule has 0 saturated carbocycles. The van der Waals surface area contributed by atoms with Crippen molar-refractivity contribution in [1.29, 1.82) is 5.26 Å². The van der Waals surface area contributed by atoms with E-state index >= 15 is 0 Å². The Balaban J connectivity index is 1.67. The number of nitrogens with zero attached hydrogens (tertiary/aromatic N) is 1. The third kappa shape index (κ3) is 4.40. The number of nitriles is 1. The zero-order valence-corrected chi connectivity index (χ0v) is 14.1. The van der Waals surface area contributed by atoms with Gasteiger partial charge in [0.2, 0.25) is 0 Å². The average Bonchev–Trinajstić information content (AvgIpc) is 3.07. The number of anilines is 1. The standard InChI is InChI=1S/C21H16N2O3/c1-15-7-10-20(25-15)13-16(14-22)21(24)23-17-8-11-19(12-9-17)26-18-5-3-2-4-6-18/h2-13H,1H3,(H,23,24)/b16-13+. The summed E-state index contributed by atoms with van der Waals surface area (Å²) < 4.78 is 11.1. The number of rotatable bonds is 5. The van der Waals surface area contributed by atoms with Gasteiger partial charge in [0.1, 0.15) is 34.7 Å². The van der Waals surface area contributed by atoms with E-state index in [9.17, 15) is 10.1 Å². The minimum atomic E-state index is -0.502. The number of ether oxygens (including phenoxy) is 1. The van der Waals surface area contributed by atoms with Gasteiger partial charge in [0.05, 0.1) is 0 Å². The van der Waals surface area contributed by atoms with Crippen LogP contribution in [0.25, 0.3) is 6.08 Å². The van der Waals surface area contributed by atoms with Crippen molar-refractivity contribution in [3.8, 4) is 17.6 Å². The van der Waals surface area contributed by atoms with Crippen LogP contribution in [0.4, 0.5) is 5.69 Å². The third-order valence-corrected chi connectivity index (χ3v) is 3.50. The van der Waals surface area contributed by atoms with Gasteiger partial charge in [0.15, 0.2) is 0 Å². The second-order valence-electron chi connectivity index (χ2n) is 5.51. The van der Waals surface area contributed by atoms with E-state index in [-0.39, 0.29) is 5.57 Å². The lowest BCUT2D eigenvalue weighted by Crippen LogP contribution is -2.13. The molecule has 1 N–H and O–H groups in total. The maximum absolute atomic E-state index is 12.3. The number of carbonyl (C=O) groups is 1. The van der Waals surface area contributed by atoms with E-state index < -0.39 is 5.91 Å². The largest absolute Gasteiger partial charge is 0.462 e. The first-order valence-electron chi connectivity index (χ1n) is 7.96. The van der Waals surface area contributed by atoms with Gasteiger partial charge in [-0.05, 0) is 55.5 Å². The van der Waals surface area contributed by atoms with Crippen LogP contribution in [0.1, 0.15) is 11.5 Å². The molecule has 26 heavy (non-hydrogen) atoms. The Kier molecular flexibility index (Phi) is 5.16. The molecule has 1 amide bonds. The molecule has 0 atom stereocenters. The fourth-order valence-corrected chi connectivity index (χ4v) is 2.25. The van der Waals surface area contributed by atoms with Crippen molar-refractivity contribution in [2.45, 2.75) is 6.92 Å². The van der Waals surface area contributed by atoms with Crippen molar-refractivity contribution in [3.05, 3.63) is 83.8 Å². The third-order valence-electron chi connectivity index (χ3n) is 3.50. The molecule has 1 heterocycles. The zero-order chi connectivity index (χ0) is 18.4. The summed E-state index contributed by atoms with van der Waals surface area (Å²) in [6.45, 7) is 1.79. The van der Waals surface area contributed by atoms with Crippen molar-refractivity contribution in [3.63, 3.8) is 0 Å². The van der Waals surface area contributed by atoms with Gasteiger partial charge in [0.25, 0.3) is 5.91 Å². The minimum absolute atomic E-state index is 0.0380. The molecule has 0 fully saturated rings. The molecular weight excluding hydrogens is 328 g/mol. The Bertz CT molecular complexity index is 964. The van der Waals surface area contributed by atoms with E-state index in [1.165, 1.54) is 6.08 Å². The molecule has 0 aliphatic rings. The van der Waals surface area contributed by atoms with Crippen LogP contribution >= 0.6 is 0 Å². The lowest BCUT2D eigenvalue weighted by molar-refractivity contribution is -0.112. The lowest BCUT2D eigenvalue weighted by Gasteiger charge is -2.07. The second-order valence-corrected chi connectivity index (χ2v) is 5.51. The monoisotopic (exact) mass is 344 g/mol. The van der Waals surface area contributed by atoms with E-state index in [1.54, 1.807) is 43.3 Å². The summed E-state index contributed by atoms with van der Waals surface area (Å²) in [7, 11) is 0. The van der Waals surface area contributed by atoms with E-state index in [0.29, 0.717) is 23.0 Å². The summed E-state index contributed by atoms with van der Waals surface area (Å²) in [4.78, 5) is 12.3. The molecule has 0 aliphatic carbocycles. The predicted octanol–water partition coefficient (Wildman–Crippen LogP) is 4.93. The number of hydrogen-bond donors (Lipinski definition) is 1. The number of furan rings is 1. The van der Waals surface area contributed by atoms with Crippen molar-refractivity contribution in [1.82, 2.24) is 0 Å². The maximum Gasteiger partial charge on any atom is 0.266 e. The van der Waals surface area contributed by atoms with Gasteiger partial charge >= 0.3 is 0 Å². The Hall–Kier alpha value is -3.78. The van der Waals surface area contributed by atoms with Gasteiger partial charge in [-0.1, -0.05) is 18.2 Å². The molecular formula is C21H16N2O3. The topological polar surface area (TPSA) is 75.3 Å². The molecule has 5 heteroatoms. The molecule has 3 aromatic rings. The molecule has 5 nitrogen and oxygen atoms in total. The number of carbonyl (C=O) groups excluding carboxylic acids is 1. The number of hydrogen-bond acceptors (Lipinski definition) is 4. The molecule has 0 bridgehead atoms. The molecule has 128 valence electrons. The fourth-order valence-electron chi connectivity index (χ4n) is 2.25. The van der Waals surface area contributed by atoms with Gasteiger partial charge < -0.3 is 14.5 Å². The average molecular weight is 344 g/mol. The fraction of sp³-hybridized carbons (Fsp3) is 0.0476. The molecule has 0 spiro atoms. The molecule has 1 aromatic heterocycles. The van der Waals surface area contributed by atoms with Crippen molar-refractivity contribution >= 4 is 17.7 Å². The highest BCUT2D eigenvalue weighted by Crippen LogP contribution is 2.23. The van der Waals surface area contributed by atoms with Crippen LogP contribution < -0.4 is 10.1 Å². The van der Waals surface area contributed by atoms with Gasteiger partial charge in [-0.3, -0.25) is 4.79 Å². The van der Waals surface area contributed by atoms with Gasteiger partial charge in [0, 0.05) is 11.8 Å². The first kappa shape index (κ1) is 17.1. The molecule has 0 saturated heterocycles. The van der Waals surface area contributed by atoms with E-state index in [2.05, 4.69) is 5.32 Å². The highest BCUT2D eigenvalue weighted by molar-refractivity contribution is 6.09. The van der Waals surface area contributed by atoms with Crippen LogP contribution in [-0.2, 0) is 4.79 Å². The minimum Gasteiger partial charge on any atom is -0.462 e. The first-order valence-corrected chi connectivity index (χ1v) is 7.96. The van der Waals surface area contributed by atoms with E-state index in [1.807, 2.05) is 36.4 Å². The highest BCUT2D eigenvalue weighted by atomic mass is 16.5. The number of nitrogens with one attached hydrogen (secondary N) is 1. The Labute approximate surface area is 151 Å². The Morgan fingerprint density at radius 2 is 1.73 bits per heavy atom. The summed E-state index contributed by atoms with van der Waals surface area (Å²) in [5.74, 6) is 2.05. The summed E-state index contributed by atoms with van der Waals surface area (Å²) in [5, 5.41) is 11.9. The highest BCUT2D eigenvalue weighted by Gasteiger charge is 2.11. The van der Waals surface area contributed by atoms with Crippen molar-refractivity contribution in [2.24, 2.45) is 0 Å². The van der Waals surface area contributed by atoms with Gasteiger partial charge in [-0.2, -0.15) is 5.26 Å². The van der Waals surface area contributed by atoms with Crippen molar-refractivity contribution in [2.75, 3.05) is 5.32 Å². The summed E-state index contributed by atoms with van der Waals surface area (Å²) in [6, 6.07) is 21.7. The smallest absolute Gasteiger partial charge is 0.266 e. The normalized spacial score (nSPS) is 10.8. The summed E-state index contributed by atoms with van der Waals surface area (Å²) >= 11 is 0. The summed E-state index contributed by atoms with van der Waals surface area (Å²) in [6.07, 6.45) is 1.41. The number of benzene rings is 2. The van der Waals surface area contributed by atoms with Crippen LogP contribution in [0, 0.1) is 18.3 Å². The number of para-hydroxylation sites is 1. The van der Waals surface area contributed by atoms with Gasteiger partial charge in [-0.25, -0.2) is 0 Å². The lowest BCUT2D eigenvalue weighted by atomic mass is 10.2. The second kappa shape index (κ2) is 7.86. The van der Waals surface area contributed by atoms with Crippen molar-refractivity contribution < 1.29 is 13.9 Å². The SMILES string of the molecule is Cc1ccc(/C=C(\C#N)C(=O)Nc2ccc(Oc3ccccc3)cc2)o1. The van der Waals surface area contributed by atoms with E-state index in [0.717, 1.165) is 5.75 Å². The van der Waals surface area contributed by atoms with Crippen LogP contribution in [0.2, 0.25) is 0 Å². The van der Waals surface area contributed by atoms with Crippen LogP contribution in [0.5, 0.6) is 11.5 Å². The quantitative estimate of drug-likeness (QED) is 0.526. The zero-order valence-electron chi connectivity index (χ0n) is 14.1. The van der Waals surface area contributed by atoms with E-state index in [4.69, 9.17) is 9.15 Å². The molecule has 3 rings (SSSR count). The predicted molar refractivity (Wildman–Crippen MR) is 98.6 cm³/mol. The van der Waals surface area contributed by atoms with Crippen LogP contribution in [0.3, 0.4) is 0 Å². The molecule has 0 radical (unpaired) electrons. The molecule has 0 unspecified atom stereocenters. The van der Waals surface area contributed by atoms with Crippen LogP contribution in [-0.4, -0.2) is 5.91 Å². The number of amides is 1. The Morgan fingerprint density at radius 1 is 1.04 bits per heavy atom. The summed E-state index contributed by atoms with van der Waals surface area (Å²) in [5.41, 5.74) is 0.524. The first-order chi connectivity index (χ1) is 12.6. The Morgan fingerprint density at radius 3 is 2.35 bits per heavy atom. The maximum atomic E-state index is 12.3. The van der Waals surface area contributed by atoms with Crippen LogP contribution in [0.15, 0.2) is 76.7 Å². The van der Waals surface area contributed by atoms with Gasteiger partial charge in [-0.15, -0.1) is 0 Å². The molecule has 2 aromatic carbocycles.